The number of aliphatic carboxylic acids is 1. The van der Waals surface area contributed by atoms with Crippen LogP contribution >= 0.6 is 0 Å². The fourth-order valence-corrected chi connectivity index (χ4v) is 3.42. The molecule has 2 unspecified atom stereocenters. The van der Waals surface area contributed by atoms with Gasteiger partial charge in [-0.3, -0.25) is 9.59 Å². The smallest absolute Gasteiger partial charge is 0.304 e. The van der Waals surface area contributed by atoms with Crippen molar-refractivity contribution >= 4 is 11.8 Å². The van der Waals surface area contributed by atoms with Crippen molar-refractivity contribution in [2.75, 3.05) is 0 Å². The third-order valence-corrected chi connectivity index (χ3v) is 4.54. The van der Waals surface area contributed by atoms with Gasteiger partial charge in [-0.05, 0) is 36.0 Å². The monoisotopic (exact) mass is 294 g/mol. The van der Waals surface area contributed by atoms with Gasteiger partial charge in [-0.25, -0.2) is 0 Å². The third-order valence-electron chi connectivity index (χ3n) is 4.54. The molecule has 0 spiro atoms. The van der Waals surface area contributed by atoms with Crippen LogP contribution in [0.25, 0.3) is 0 Å². The minimum absolute atomic E-state index is 0.0406. The predicted molar refractivity (Wildman–Crippen MR) is 84.1 cm³/mol. The van der Waals surface area contributed by atoms with Crippen molar-refractivity contribution in [2.24, 2.45) is 5.92 Å². The Morgan fingerprint density at radius 1 is 1.14 bits per heavy atom. The van der Waals surface area contributed by atoms with Crippen LogP contribution in [0.3, 0.4) is 0 Å². The highest BCUT2D eigenvalue weighted by molar-refractivity contribution is 6.02. The molecule has 2 atom stereocenters. The second-order valence-corrected chi connectivity index (χ2v) is 5.89. The first kappa shape index (κ1) is 14.5. The van der Waals surface area contributed by atoms with Gasteiger partial charge in [0.1, 0.15) is 0 Å². The maximum absolute atomic E-state index is 12.8. The number of aryl methyl sites for hydroxylation is 1. The molecule has 0 radical (unpaired) electrons. The van der Waals surface area contributed by atoms with Gasteiger partial charge in [0.15, 0.2) is 5.78 Å². The van der Waals surface area contributed by atoms with Crippen molar-refractivity contribution < 1.29 is 14.7 Å². The van der Waals surface area contributed by atoms with E-state index in [-0.39, 0.29) is 18.1 Å². The maximum atomic E-state index is 12.8. The molecule has 3 nitrogen and oxygen atoms in total. The number of fused-ring (bicyclic) bond motifs is 1. The zero-order chi connectivity index (χ0) is 15.7. The number of hydrogen-bond donors (Lipinski definition) is 1. The van der Waals surface area contributed by atoms with E-state index in [0.717, 1.165) is 23.1 Å². The summed E-state index contributed by atoms with van der Waals surface area (Å²) < 4.78 is 0. The van der Waals surface area contributed by atoms with Crippen molar-refractivity contribution in [3.63, 3.8) is 0 Å². The first-order valence-corrected chi connectivity index (χ1v) is 7.47. The van der Waals surface area contributed by atoms with Crippen LogP contribution in [0.5, 0.6) is 0 Å². The highest BCUT2D eigenvalue weighted by atomic mass is 16.4. The molecule has 2 aromatic carbocycles. The normalized spacial score (nSPS) is 20.5. The number of hydrogen-bond acceptors (Lipinski definition) is 2. The van der Waals surface area contributed by atoms with Gasteiger partial charge in [-0.2, -0.15) is 0 Å². The molecule has 1 N–H and O–H groups in total. The molecular weight excluding hydrogens is 276 g/mol. The summed E-state index contributed by atoms with van der Waals surface area (Å²) in [6.45, 7) is 2.01. The van der Waals surface area contributed by atoms with Crippen LogP contribution < -0.4 is 0 Å². The van der Waals surface area contributed by atoms with Crippen LogP contribution in [0.1, 0.15) is 39.4 Å². The van der Waals surface area contributed by atoms with Gasteiger partial charge in [0, 0.05) is 11.5 Å². The number of rotatable bonds is 3. The highest BCUT2D eigenvalue weighted by Gasteiger charge is 2.37. The van der Waals surface area contributed by atoms with E-state index in [1.165, 1.54) is 0 Å². The summed E-state index contributed by atoms with van der Waals surface area (Å²) in [5.41, 5.74) is 3.89. The van der Waals surface area contributed by atoms with Gasteiger partial charge in [0.05, 0.1) is 6.42 Å². The Morgan fingerprint density at radius 2 is 1.86 bits per heavy atom. The summed E-state index contributed by atoms with van der Waals surface area (Å²) in [4.78, 5) is 24.0. The molecule has 0 heterocycles. The van der Waals surface area contributed by atoms with Crippen LogP contribution in [0.15, 0.2) is 48.5 Å². The van der Waals surface area contributed by atoms with E-state index in [0.29, 0.717) is 5.56 Å². The van der Waals surface area contributed by atoms with Crippen molar-refractivity contribution in [3.8, 4) is 0 Å². The molecule has 0 aromatic heterocycles. The summed E-state index contributed by atoms with van der Waals surface area (Å²) in [6.07, 6.45) is 0.599. The van der Waals surface area contributed by atoms with E-state index in [2.05, 4.69) is 0 Å². The van der Waals surface area contributed by atoms with E-state index in [1.54, 1.807) is 0 Å². The Balaban J connectivity index is 2.09. The summed E-state index contributed by atoms with van der Waals surface area (Å²) in [6, 6.07) is 15.5. The molecule has 0 amide bonds. The molecule has 1 aliphatic rings. The molecule has 3 rings (SSSR count). The van der Waals surface area contributed by atoms with Crippen LogP contribution in [0.2, 0.25) is 0 Å². The summed E-state index contributed by atoms with van der Waals surface area (Å²) >= 11 is 0. The first-order chi connectivity index (χ1) is 10.6. The summed E-state index contributed by atoms with van der Waals surface area (Å²) in [5.74, 6) is -1.52. The summed E-state index contributed by atoms with van der Waals surface area (Å²) in [5, 5.41) is 9.20. The van der Waals surface area contributed by atoms with Gasteiger partial charge in [0.2, 0.25) is 0 Å². The first-order valence-electron chi connectivity index (χ1n) is 7.47. The number of ketones is 1. The lowest BCUT2D eigenvalue weighted by Gasteiger charge is -2.32. The molecule has 1 aliphatic carbocycles. The fourth-order valence-electron chi connectivity index (χ4n) is 3.42. The number of carbonyl (C=O) groups excluding carboxylic acids is 1. The number of carbonyl (C=O) groups is 2. The van der Waals surface area contributed by atoms with E-state index in [9.17, 15) is 14.7 Å². The molecule has 112 valence electrons. The Bertz CT molecular complexity index is 719. The lowest BCUT2D eigenvalue weighted by atomic mass is 9.70. The second kappa shape index (κ2) is 5.76. The highest BCUT2D eigenvalue weighted by Crippen LogP contribution is 2.39. The minimum Gasteiger partial charge on any atom is -0.481 e. The van der Waals surface area contributed by atoms with Crippen molar-refractivity contribution in [1.82, 2.24) is 0 Å². The van der Waals surface area contributed by atoms with E-state index in [1.807, 2.05) is 55.5 Å². The van der Waals surface area contributed by atoms with Gasteiger partial charge in [-0.15, -0.1) is 0 Å². The number of carboxylic acids is 1. The van der Waals surface area contributed by atoms with Crippen molar-refractivity contribution in [3.05, 3.63) is 70.8 Å². The van der Waals surface area contributed by atoms with E-state index in [4.69, 9.17) is 0 Å². The van der Waals surface area contributed by atoms with E-state index >= 15 is 0 Å². The maximum Gasteiger partial charge on any atom is 0.304 e. The second-order valence-electron chi connectivity index (χ2n) is 5.89. The van der Waals surface area contributed by atoms with Gasteiger partial charge in [-0.1, -0.05) is 48.5 Å². The van der Waals surface area contributed by atoms with Crippen LogP contribution in [0, 0.1) is 12.8 Å². The predicted octanol–water partition coefficient (Wildman–Crippen LogP) is 3.61. The molecule has 2 aromatic rings. The zero-order valence-electron chi connectivity index (χ0n) is 12.5. The summed E-state index contributed by atoms with van der Waals surface area (Å²) in [7, 11) is 0. The Kier molecular flexibility index (Phi) is 3.80. The molecule has 22 heavy (non-hydrogen) atoms. The topological polar surface area (TPSA) is 54.4 Å². The molecule has 0 saturated heterocycles. The average Bonchev–Trinajstić information content (AvgIpc) is 2.51. The molecular formula is C19H18O3. The van der Waals surface area contributed by atoms with Gasteiger partial charge < -0.3 is 5.11 Å². The van der Waals surface area contributed by atoms with E-state index < -0.39 is 11.9 Å². The van der Waals surface area contributed by atoms with Gasteiger partial charge in [0.25, 0.3) is 0 Å². The standard InChI is InChI=1S/C19H18O3/c1-12-6-5-9-14-15(12)10-16(13-7-3-2-4-8-13)17(19(14)22)11-18(20)21/h2-9,16-17H,10-11H2,1H3,(H,20,21). The van der Waals surface area contributed by atoms with Crippen molar-refractivity contribution in [1.29, 1.82) is 0 Å². The quantitative estimate of drug-likeness (QED) is 0.941. The molecule has 0 aliphatic heterocycles. The molecule has 0 saturated carbocycles. The van der Waals surface area contributed by atoms with Crippen LogP contribution in [-0.4, -0.2) is 16.9 Å². The van der Waals surface area contributed by atoms with Crippen LogP contribution in [0.4, 0.5) is 0 Å². The lowest BCUT2D eigenvalue weighted by Crippen LogP contribution is -2.32. The molecule has 0 bridgehead atoms. The number of benzene rings is 2. The average molecular weight is 294 g/mol. The van der Waals surface area contributed by atoms with Crippen molar-refractivity contribution in [2.45, 2.75) is 25.7 Å². The third kappa shape index (κ3) is 2.54. The number of carboxylic acid groups (broad SMARTS) is 1. The lowest BCUT2D eigenvalue weighted by molar-refractivity contribution is -0.138. The molecule has 3 heteroatoms. The van der Waals surface area contributed by atoms with Crippen LogP contribution in [-0.2, 0) is 11.2 Å². The SMILES string of the molecule is Cc1cccc2c1CC(c1ccccc1)C(CC(=O)O)C2=O. The Morgan fingerprint density at radius 3 is 2.55 bits per heavy atom. The zero-order valence-corrected chi connectivity index (χ0v) is 12.5. The largest absolute Gasteiger partial charge is 0.481 e. The Labute approximate surface area is 129 Å². The Hall–Kier alpha value is -2.42. The van der Waals surface area contributed by atoms with Gasteiger partial charge >= 0.3 is 5.97 Å². The minimum atomic E-state index is -0.921. The number of Topliss-reactive ketones (excluding diaryl/α,β-unsaturated/α-hetero) is 1. The molecule has 0 fully saturated rings. The fraction of sp³-hybridized carbons (Fsp3) is 0.263.